The summed E-state index contributed by atoms with van der Waals surface area (Å²) in [7, 11) is 0. The molecule has 33 heavy (non-hydrogen) atoms. The third kappa shape index (κ3) is 5.47. The molecule has 0 aromatic rings. The topological polar surface area (TPSA) is 152 Å². The number of aliphatic carboxylic acids is 2. The second-order valence-corrected chi connectivity index (χ2v) is 10.5. The van der Waals surface area contributed by atoms with Crippen molar-refractivity contribution in [1.82, 2.24) is 0 Å². The number of carboxylic acids is 2. The number of rotatable bonds is 10. The van der Waals surface area contributed by atoms with Crippen molar-refractivity contribution in [1.29, 1.82) is 0 Å². The van der Waals surface area contributed by atoms with E-state index >= 15 is 0 Å². The van der Waals surface area contributed by atoms with E-state index in [1.165, 1.54) is 0 Å². The maximum atomic E-state index is 11.7. The number of aliphatic hydroxyl groups excluding tert-OH is 2. The Hall–Kier alpha value is -1.82. The van der Waals surface area contributed by atoms with Gasteiger partial charge in [0.2, 0.25) is 0 Å². The molecule has 0 bridgehead atoms. The van der Waals surface area contributed by atoms with Gasteiger partial charge in [0.1, 0.15) is 0 Å². The van der Waals surface area contributed by atoms with Crippen molar-refractivity contribution in [2.45, 2.75) is 58.7 Å². The Morgan fingerprint density at radius 1 is 0.818 bits per heavy atom. The minimum atomic E-state index is -1.47. The molecule has 188 valence electrons. The van der Waals surface area contributed by atoms with Crippen molar-refractivity contribution < 1.29 is 49.0 Å². The Balaban J connectivity index is 2.55. The molecule has 4 N–H and O–H groups in total. The summed E-state index contributed by atoms with van der Waals surface area (Å²) in [5, 5.41) is 38.6. The molecule has 2 aliphatic rings. The molecule has 0 saturated carbocycles. The van der Waals surface area contributed by atoms with Gasteiger partial charge in [-0.3, -0.25) is 0 Å². The largest absolute Gasteiger partial charge is 0.478 e. The highest BCUT2D eigenvalue weighted by molar-refractivity contribution is 5.87. The summed E-state index contributed by atoms with van der Waals surface area (Å²) >= 11 is 0. The summed E-state index contributed by atoms with van der Waals surface area (Å²) in [6.07, 6.45) is -2.20. The van der Waals surface area contributed by atoms with E-state index in [1.54, 1.807) is 27.7 Å². The lowest BCUT2D eigenvalue weighted by molar-refractivity contribution is -0.390. The molecule has 0 radical (unpaired) electrons. The fourth-order valence-electron chi connectivity index (χ4n) is 3.98. The molecule has 1 spiro atoms. The van der Waals surface area contributed by atoms with Crippen LogP contribution in [0.15, 0.2) is 24.3 Å². The molecule has 2 rings (SSSR count). The number of carbonyl (C=O) groups is 2. The van der Waals surface area contributed by atoms with Crippen LogP contribution in [0.3, 0.4) is 0 Å². The van der Waals surface area contributed by atoms with Crippen LogP contribution in [0.5, 0.6) is 0 Å². The van der Waals surface area contributed by atoms with Crippen LogP contribution >= 0.6 is 0 Å². The van der Waals surface area contributed by atoms with Gasteiger partial charge in [0, 0.05) is 34.8 Å². The fourth-order valence-corrected chi connectivity index (χ4v) is 3.98. The highest BCUT2D eigenvalue weighted by Crippen LogP contribution is 2.52. The molecule has 1 unspecified atom stereocenters. The fraction of sp³-hybridized carbons (Fsp3) is 0.739. The van der Waals surface area contributed by atoms with E-state index in [4.69, 9.17) is 18.9 Å². The lowest BCUT2D eigenvalue weighted by atomic mass is 9.65. The Morgan fingerprint density at radius 3 is 1.55 bits per heavy atom. The smallest absolute Gasteiger partial charge is 0.331 e. The molecule has 0 aromatic carbocycles. The van der Waals surface area contributed by atoms with Gasteiger partial charge < -0.3 is 39.4 Å². The van der Waals surface area contributed by atoms with Crippen molar-refractivity contribution in [3.8, 4) is 0 Å². The highest BCUT2D eigenvalue weighted by Gasteiger charge is 2.62. The summed E-state index contributed by atoms with van der Waals surface area (Å²) in [4.78, 5) is 23.4. The summed E-state index contributed by atoms with van der Waals surface area (Å²) in [5.74, 6) is -2.51. The molecule has 0 aromatic heterocycles. The normalized spacial score (nSPS) is 27.8. The average molecular weight is 473 g/mol. The van der Waals surface area contributed by atoms with E-state index in [-0.39, 0.29) is 57.0 Å². The van der Waals surface area contributed by atoms with Crippen LogP contribution in [0, 0.1) is 16.2 Å². The van der Waals surface area contributed by atoms with Gasteiger partial charge in [0.15, 0.2) is 12.6 Å². The van der Waals surface area contributed by atoms with Crippen molar-refractivity contribution in [3.05, 3.63) is 24.3 Å². The molecular weight excluding hydrogens is 436 g/mol. The standard InChI is InChI=1S/C23H36O10/c1-14(16(26)27)7-23(8-15(2)17(28)29)22(13-32-19(33-23)21(5,6)10-25)11-30-18(31-12-22)20(3,4)9-24/h18-19,24-25H,1-2,7-13H2,3-6H3,(H,26,27)(H,28,29). The van der Waals surface area contributed by atoms with Crippen LogP contribution in [0.25, 0.3) is 0 Å². The van der Waals surface area contributed by atoms with Gasteiger partial charge in [-0.1, -0.05) is 40.9 Å². The van der Waals surface area contributed by atoms with Gasteiger partial charge in [0.05, 0.1) is 44.1 Å². The van der Waals surface area contributed by atoms with E-state index < -0.39 is 46.4 Å². The monoisotopic (exact) mass is 472 g/mol. The van der Waals surface area contributed by atoms with Gasteiger partial charge in [-0.2, -0.15) is 0 Å². The van der Waals surface area contributed by atoms with Crippen molar-refractivity contribution >= 4 is 11.9 Å². The maximum Gasteiger partial charge on any atom is 0.331 e. The second kappa shape index (κ2) is 9.81. The highest BCUT2D eigenvalue weighted by atomic mass is 16.7. The predicted octanol–water partition coefficient (Wildman–Crippen LogP) is 1.56. The summed E-state index contributed by atoms with van der Waals surface area (Å²) in [6.45, 7) is 13.7. The van der Waals surface area contributed by atoms with Crippen LogP contribution in [-0.2, 0) is 28.5 Å². The summed E-state index contributed by atoms with van der Waals surface area (Å²) < 4.78 is 24.3. The Bertz CT molecular complexity index is 740. The van der Waals surface area contributed by atoms with E-state index in [1.807, 2.05) is 0 Å². The molecule has 10 heteroatoms. The van der Waals surface area contributed by atoms with E-state index in [0.29, 0.717) is 0 Å². The molecule has 2 aliphatic heterocycles. The minimum absolute atomic E-state index is 0.00678. The first-order valence-electron chi connectivity index (χ1n) is 10.7. The van der Waals surface area contributed by atoms with E-state index in [2.05, 4.69) is 13.2 Å². The zero-order valence-electron chi connectivity index (χ0n) is 19.8. The van der Waals surface area contributed by atoms with Crippen LogP contribution < -0.4 is 0 Å². The van der Waals surface area contributed by atoms with Crippen molar-refractivity contribution in [2.24, 2.45) is 16.2 Å². The lowest BCUT2D eigenvalue weighted by Gasteiger charge is -2.59. The van der Waals surface area contributed by atoms with Crippen LogP contribution in [0.2, 0.25) is 0 Å². The Morgan fingerprint density at radius 2 is 1.18 bits per heavy atom. The zero-order valence-corrected chi connectivity index (χ0v) is 19.8. The molecular formula is C23H36O10. The Kier molecular flexibility index (Phi) is 8.15. The van der Waals surface area contributed by atoms with Crippen LogP contribution in [0.1, 0.15) is 40.5 Å². The first-order chi connectivity index (χ1) is 15.2. The van der Waals surface area contributed by atoms with Gasteiger partial charge in [-0.15, -0.1) is 0 Å². The molecule has 1 atom stereocenters. The molecule has 0 amide bonds. The molecule has 2 heterocycles. The van der Waals surface area contributed by atoms with E-state index in [0.717, 1.165) is 0 Å². The SMILES string of the molecule is C=C(CC1(CC(=C)C(=O)O)OC(C(C)(C)CO)OCC12COC(C(C)(C)CO)OC2)C(=O)O. The zero-order chi connectivity index (χ0) is 25.2. The van der Waals surface area contributed by atoms with Crippen LogP contribution in [0.4, 0.5) is 0 Å². The minimum Gasteiger partial charge on any atom is -0.478 e. The quantitative estimate of drug-likeness (QED) is 0.345. The number of carboxylic acid groups (broad SMARTS) is 2. The number of aliphatic hydroxyl groups is 2. The summed E-state index contributed by atoms with van der Waals surface area (Å²) in [5.41, 5.74) is -4.53. The number of hydrogen-bond acceptors (Lipinski definition) is 8. The molecule has 0 aliphatic carbocycles. The molecule has 2 saturated heterocycles. The van der Waals surface area contributed by atoms with Crippen molar-refractivity contribution in [3.63, 3.8) is 0 Å². The van der Waals surface area contributed by atoms with Gasteiger partial charge >= 0.3 is 11.9 Å². The predicted molar refractivity (Wildman–Crippen MR) is 116 cm³/mol. The molecule has 2 fully saturated rings. The number of ether oxygens (including phenoxy) is 4. The number of hydrogen-bond donors (Lipinski definition) is 4. The van der Waals surface area contributed by atoms with Crippen LogP contribution in [-0.4, -0.2) is 83.6 Å². The lowest BCUT2D eigenvalue weighted by Crippen LogP contribution is -2.68. The maximum absolute atomic E-state index is 11.7. The molecule has 10 nitrogen and oxygen atoms in total. The third-order valence-electron chi connectivity index (χ3n) is 6.53. The first kappa shape index (κ1) is 27.4. The Labute approximate surface area is 193 Å². The van der Waals surface area contributed by atoms with Gasteiger partial charge in [0.25, 0.3) is 0 Å². The van der Waals surface area contributed by atoms with E-state index in [9.17, 15) is 30.0 Å². The summed E-state index contributed by atoms with van der Waals surface area (Å²) in [6, 6.07) is 0. The van der Waals surface area contributed by atoms with Gasteiger partial charge in [-0.25, -0.2) is 9.59 Å². The van der Waals surface area contributed by atoms with Crippen molar-refractivity contribution in [2.75, 3.05) is 33.0 Å². The third-order valence-corrected chi connectivity index (χ3v) is 6.53. The average Bonchev–Trinajstić information content (AvgIpc) is 2.75. The first-order valence-corrected chi connectivity index (χ1v) is 10.7. The van der Waals surface area contributed by atoms with Gasteiger partial charge in [-0.05, 0) is 0 Å². The second-order valence-electron chi connectivity index (χ2n) is 10.5.